The van der Waals surface area contributed by atoms with E-state index in [0.29, 0.717) is 22.7 Å². The molecule has 24 heavy (non-hydrogen) atoms. The summed E-state index contributed by atoms with van der Waals surface area (Å²) in [7, 11) is 0. The van der Waals surface area contributed by atoms with Crippen LogP contribution in [0.3, 0.4) is 0 Å². The molecular formula is C18H14FN3O2. The zero-order valence-corrected chi connectivity index (χ0v) is 12.9. The Morgan fingerprint density at radius 3 is 2.71 bits per heavy atom. The molecule has 0 unspecified atom stereocenters. The molecule has 2 heterocycles. The molecule has 5 nitrogen and oxygen atoms in total. The van der Waals surface area contributed by atoms with Crippen molar-refractivity contribution in [3.63, 3.8) is 0 Å². The SMILES string of the molecule is Cc1cnc(C(=O)Nc2cccc(Oc3cccnc3)c2)c(F)c1. The number of nitrogens with zero attached hydrogens (tertiary/aromatic N) is 2. The second kappa shape index (κ2) is 6.87. The summed E-state index contributed by atoms with van der Waals surface area (Å²) in [5.74, 6) is -0.174. The number of hydrogen-bond donors (Lipinski definition) is 1. The van der Waals surface area contributed by atoms with Crippen molar-refractivity contribution in [2.45, 2.75) is 6.92 Å². The third-order valence-electron chi connectivity index (χ3n) is 3.15. The highest BCUT2D eigenvalue weighted by molar-refractivity contribution is 6.03. The summed E-state index contributed by atoms with van der Waals surface area (Å²) >= 11 is 0. The molecule has 3 aromatic rings. The van der Waals surface area contributed by atoms with Gasteiger partial charge in [0.25, 0.3) is 5.91 Å². The first-order chi connectivity index (χ1) is 11.6. The average molecular weight is 323 g/mol. The van der Waals surface area contributed by atoms with Gasteiger partial charge in [-0.1, -0.05) is 6.07 Å². The monoisotopic (exact) mass is 323 g/mol. The van der Waals surface area contributed by atoms with Crippen molar-refractivity contribution >= 4 is 11.6 Å². The summed E-state index contributed by atoms with van der Waals surface area (Å²) < 4.78 is 19.5. The molecule has 0 spiro atoms. The number of carbonyl (C=O) groups excluding carboxylic acids is 1. The highest BCUT2D eigenvalue weighted by atomic mass is 19.1. The zero-order valence-electron chi connectivity index (χ0n) is 12.9. The molecule has 0 fully saturated rings. The number of aryl methyl sites for hydroxylation is 1. The van der Waals surface area contributed by atoms with Crippen LogP contribution in [0.4, 0.5) is 10.1 Å². The van der Waals surface area contributed by atoms with E-state index in [1.807, 2.05) is 0 Å². The van der Waals surface area contributed by atoms with Crippen LogP contribution in [-0.2, 0) is 0 Å². The lowest BCUT2D eigenvalue weighted by Crippen LogP contribution is -2.15. The minimum atomic E-state index is -0.657. The maximum absolute atomic E-state index is 13.8. The average Bonchev–Trinajstić information content (AvgIpc) is 2.56. The maximum Gasteiger partial charge on any atom is 0.277 e. The topological polar surface area (TPSA) is 64.1 Å². The van der Waals surface area contributed by atoms with Crippen LogP contribution in [0.25, 0.3) is 0 Å². The van der Waals surface area contributed by atoms with Crippen molar-refractivity contribution in [3.05, 3.63) is 78.1 Å². The normalized spacial score (nSPS) is 10.2. The number of anilines is 1. The molecule has 120 valence electrons. The van der Waals surface area contributed by atoms with E-state index in [0.717, 1.165) is 0 Å². The Labute approximate surface area is 138 Å². The first kappa shape index (κ1) is 15.6. The molecule has 3 rings (SSSR count). The second-order valence-electron chi connectivity index (χ2n) is 5.12. The van der Waals surface area contributed by atoms with E-state index in [-0.39, 0.29) is 5.69 Å². The van der Waals surface area contributed by atoms with Crippen molar-refractivity contribution in [2.24, 2.45) is 0 Å². The number of aromatic nitrogens is 2. The third-order valence-corrected chi connectivity index (χ3v) is 3.15. The van der Waals surface area contributed by atoms with Gasteiger partial charge < -0.3 is 10.1 Å². The summed E-state index contributed by atoms with van der Waals surface area (Å²) in [4.78, 5) is 20.0. The molecule has 0 atom stereocenters. The second-order valence-corrected chi connectivity index (χ2v) is 5.12. The van der Waals surface area contributed by atoms with Crippen LogP contribution in [-0.4, -0.2) is 15.9 Å². The zero-order chi connectivity index (χ0) is 16.9. The standard InChI is InChI=1S/C18H14FN3O2/c1-12-8-16(19)17(21-10-12)18(23)22-13-4-2-5-14(9-13)24-15-6-3-7-20-11-15/h2-11H,1H3,(H,22,23). The Balaban J connectivity index is 1.75. The molecule has 0 aliphatic heterocycles. The van der Waals surface area contributed by atoms with Crippen LogP contribution in [0, 0.1) is 12.7 Å². The van der Waals surface area contributed by atoms with E-state index in [2.05, 4.69) is 15.3 Å². The predicted molar refractivity (Wildman–Crippen MR) is 87.6 cm³/mol. The smallest absolute Gasteiger partial charge is 0.277 e. The molecule has 0 radical (unpaired) electrons. The predicted octanol–water partition coefficient (Wildman–Crippen LogP) is 3.97. The molecule has 1 aromatic carbocycles. The van der Waals surface area contributed by atoms with E-state index in [9.17, 15) is 9.18 Å². The molecule has 0 aliphatic carbocycles. The Bertz CT molecular complexity index is 869. The minimum Gasteiger partial charge on any atom is -0.456 e. The first-order valence-corrected chi connectivity index (χ1v) is 7.23. The van der Waals surface area contributed by atoms with Crippen molar-refractivity contribution in [2.75, 3.05) is 5.32 Å². The molecule has 0 aliphatic rings. The number of carbonyl (C=O) groups is 1. The number of pyridine rings is 2. The fraction of sp³-hybridized carbons (Fsp3) is 0.0556. The Morgan fingerprint density at radius 1 is 1.12 bits per heavy atom. The number of amides is 1. The number of hydrogen-bond acceptors (Lipinski definition) is 4. The molecule has 0 saturated carbocycles. The molecular weight excluding hydrogens is 309 g/mol. The van der Waals surface area contributed by atoms with Crippen molar-refractivity contribution in [1.29, 1.82) is 0 Å². The van der Waals surface area contributed by atoms with Crippen molar-refractivity contribution < 1.29 is 13.9 Å². The van der Waals surface area contributed by atoms with E-state index in [1.54, 1.807) is 55.7 Å². The van der Waals surface area contributed by atoms with Crippen molar-refractivity contribution in [1.82, 2.24) is 9.97 Å². The third kappa shape index (κ3) is 3.73. The van der Waals surface area contributed by atoms with Gasteiger partial charge in [0.1, 0.15) is 11.5 Å². The largest absolute Gasteiger partial charge is 0.456 e. The molecule has 1 amide bonds. The van der Waals surface area contributed by atoms with Crippen LogP contribution < -0.4 is 10.1 Å². The summed E-state index contributed by atoms with van der Waals surface area (Å²) in [6.45, 7) is 1.71. The highest BCUT2D eigenvalue weighted by Gasteiger charge is 2.14. The van der Waals surface area contributed by atoms with Gasteiger partial charge in [-0.15, -0.1) is 0 Å². The van der Waals surface area contributed by atoms with E-state index in [1.165, 1.54) is 12.3 Å². The van der Waals surface area contributed by atoms with E-state index >= 15 is 0 Å². The fourth-order valence-corrected chi connectivity index (χ4v) is 2.07. The summed E-state index contributed by atoms with van der Waals surface area (Å²) in [6, 6.07) is 11.6. The van der Waals surface area contributed by atoms with Gasteiger partial charge in [-0.2, -0.15) is 0 Å². The Hall–Kier alpha value is -3.28. The van der Waals surface area contributed by atoms with Crippen LogP contribution in [0.1, 0.15) is 16.1 Å². The molecule has 0 saturated heterocycles. The minimum absolute atomic E-state index is 0.251. The summed E-state index contributed by atoms with van der Waals surface area (Å²) in [5, 5.41) is 2.61. The maximum atomic E-state index is 13.8. The Morgan fingerprint density at radius 2 is 1.96 bits per heavy atom. The van der Waals surface area contributed by atoms with Crippen molar-refractivity contribution in [3.8, 4) is 11.5 Å². The van der Waals surface area contributed by atoms with Gasteiger partial charge in [-0.25, -0.2) is 9.37 Å². The van der Waals surface area contributed by atoms with E-state index < -0.39 is 11.7 Å². The Kier molecular flexibility index (Phi) is 4.47. The fourth-order valence-electron chi connectivity index (χ4n) is 2.07. The quantitative estimate of drug-likeness (QED) is 0.789. The van der Waals surface area contributed by atoms with Gasteiger partial charge in [-0.3, -0.25) is 9.78 Å². The van der Waals surface area contributed by atoms with E-state index in [4.69, 9.17) is 4.74 Å². The highest BCUT2D eigenvalue weighted by Crippen LogP contribution is 2.23. The first-order valence-electron chi connectivity index (χ1n) is 7.23. The number of halogens is 1. The summed E-state index contributed by atoms with van der Waals surface area (Å²) in [6.07, 6.45) is 4.67. The number of benzene rings is 1. The lowest BCUT2D eigenvalue weighted by atomic mass is 10.2. The van der Waals surface area contributed by atoms with Gasteiger partial charge in [0.2, 0.25) is 0 Å². The van der Waals surface area contributed by atoms with Gasteiger partial charge in [0, 0.05) is 24.1 Å². The lowest BCUT2D eigenvalue weighted by Gasteiger charge is -2.09. The number of ether oxygens (including phenoxy) is 1. The lowest BCUT2D eigenvalue weighted by molar-refractivity contribution is 0.101. The molecule has 6 heteroatoms. The van der Waals surface area contributed by atoms with Crippen LogP contribution >= 0.6 is 0 Å². The van der Waals surface area contributed by atoms with Gasteiger partial charge >= 0.3 is 0 Å². The number of nitrogens with one attached hydrogen (secondary N) is 1. The number of rotatable bonds is 4. The molecule has 1 N–H and O–H groups in total. The molecule has 0 bridgehead atoms. The van der Waals surface area contributed by atoms with Crippen LogP contribution in [0.15, 0.2) is 61.1 Å². The van der Waals surface area contributed by atoms with Gasteiger partial charge in [0.05, 0.1) is 6.20 Å². The summed E-state index contributed by atoms with van der Waals surface area (Å²) in [5.41, 5.74) is 0.873. The van der Waals surface area contributed by atoms with Crippen LogP contribution in [0.2, 0.25) is 0 Å². The molecule has 2 aromatic heterocycles. The van der Waals surface area contributed by atoms with Gasteiger partial charge in [-0.05, 0) is 42.8 Å². The van der Waals surface area contributed by atoms with Crippen LogP contribution in [0.5, 0.6) is 11.5 Å². The van der Waals surface area contributed by atoms with Gasteiger partial charge in [0.15, 0.2) is 11.5 Å².